The first kappa shape index (κ1) is 18.3. The summed E-state index contributed by atoms with van der Waals surface area (Å²) in [6.07, 6.45) is 3.73. The molecule has 0 saturated carbocycles. The maximum atomic E-state index is 4.80. The maximum absolute atomic E-state index is 4.80. The number of rotatable bonds is 3. The molecule has 25 heavy (non-hydrogen) atoms. The number of halogens is 2. The number of nitrogens with zero attached hydrogens (tertiary/aromatic N) is 4. The molecule has 0 unspecified atom stereocenters. The van der Waals surface area contributed by atoms with E-state index in [4.69, 9.17) is 4.98 Å². The predicted octanol–water partition coefficient (Wildman–Crippen LogP) is 5.40. The Morgan fingerprint density at radius 2 is 1.88 bits per heavy atom. The Kier molecular flexibility index (Phi) is 5.40. The van der Waals surface area contributed by atoms with Crippen molar-refractivity contribution in [1.29, 1.82) is 0 Å². The fourth-order valence-corrected chi connectivity index (χ4v) is 3.80. The fraction of sp³-hybridized carbons (Fsp3) is 0.118. The Morgan fingerprint density at radius 1 is 1.12 bits per heavy atom. The molecule has 0 aliphatic carbocycles. The molecular formula is C17H15BrIN5S. The first-order chi connectivity index (χ1) is 11.6. The van der Waals surface area contributed by atoms with Crippen LogP contribution < -0.4 is 5.32 Å². The van der Waals surface area contributed by atoms with Crippen molar-refractivity contribution in [3.05, 3.63) is 56.9 Å². The highest BCUT2D eigenvalue weighted by Gasteiger charge is 2.17. The second kappa shape index (κ2) is 7.38. The summed E-state index contributed by atoms with van der Waals surface area (Å²) in [5.41, 5.74) is 3.92. The van der Waals surface area contributed by atoms with Gasteiger partial charge in [0.2, 0.25) is 5.78 Å². The number of nitrogens with one attached hydrogen (secondary N) is 1. The third kappa shape index (κ3) is 3.56. The molecule has 1 N–H and O–H groups in total. The van der Waals surface area contributed by atoms with Gasteiger partial charge < -0.3 is 5.32 Å². The number of thiazole rings is 1. The van der Waals surface area contributed by atoms with E-state index in [1.165, 1.54) is 3.57 Å². The highest BCUT2D eigenvalue weighted by Crippen LogP contribution is 2.33. The van der Waals surface area contributed by atoms with Crippen molar-refractivity contribution in [3.8, 4) is 11.4 Å². The molecule has 0 bridgehead atoms. The van der Waals surface area contributed by atoms with Crippen LogP contribution >= 0.6 is 50.9 Å². The van der Waals surface area contributed by atoms with Crippen LogP contribution in [0.5, 0.6) is 0 Å². The van der Waals surface area contributed by atoms with Gasteiger partial charge in [-0.05, 0) is 66.8 Å². The Hall–Kier alpha value is -1.52. The summed E-state index contributed by atoms with van der Waals surface area (Å²) >= 11 is 3.94. The summed E-state index contributed by atoms with van der Waals surface area (Å²) < 4.78 is 3.20. The van der Waals surface area contributed by atoms with Crippen LogP contribution in [0.1, 0.15) is 10.6 Å². The minimum absolute atomic E-state index is 0. The highest BCUT2D eigenvalue weighted by molar-refractivity contribution is 14.1. The van der Waals surface area contributed by atoms with Gasteiger partial charge >= 0.3 is 0 Å². The summed E-state index contributed by atoms with van der Waals surface area (Å²) in [5.74, 6) is 0.699. The molecule has 0 saturated heterocycles. The van der Waals surface area contributed by atoms with Crippen molar-refractivity contribution in [2.75, 3.05) is 5.32 Å². The molecule has 5 nitrogen and oxygen atoms in total. The molecule has 0 aliphatic rings. The van der Waals surface area contributed by atoms with Gasteiger partial charge in [0.25, 0.3) is 0 Å². The van der Waals surface area contributed by atoms with Crippen LogP contribution in [0.2, 0.25) is 0 Å². The maximum Gasteiger partial charge on any atom is 0.234 e. The van der Waals surface area contributed by atoms with E-state index in [0.717, 1.165) is 32.8 Å². The molecular weight excluding hydrogens is 513 g/mol. The van der Waals surface area contributed by atoms with Crippen LogP contribution in [-0.2, 0) is 0 Å². The van der Waals surface area contributed by atoms with Crippen molar-refractivity contribution in [3.63, 3.8) is 0 Å². The van der Waals surface area contributed by atoms with Crippen molar-refractivity contribution < 1.29 is 0 Å². The van der Waals surface area contributed by atoms with Gasteiger partial charge in [0.05, 0.1) is 11.4 Å². The Labute approximate surface area is 173 Å². The predicted molar refractivity (Wildman–Crippen MR) is 116 cm³/mol. The molecule has 3 heterocycles. The van der Waals surface area contributed by atoms with Gasteiger partial charge in [-0.2, -0.15) is 0 Å². The van der Waals surface area contributed by atoms with Gasteiger partial charge in [-0.1, -0.05) is 0 Å². The molecule has 128 valence electrons. The minimum atomic E-state index is 0. The van der Waals surface area contributed by atoms with Crippen LogP contribution in [0.25, 0.3) is 17.2 Å². The van der Waals surface area contributed by atoms with Gasteiger partial charge in [0.15, 0.2) is 5.13 Å². The molecule has 0 spiro atoms. The van der Waals surface area contributed by atoms with Crippen LogP contribution in [-0.4, -0.2) is 19.4 Å². The Balaban J connectivity index is 0.00000182. The summed E-state index contributed by atoms with van der Waals surface area (Å²) in [4.78, 5) is 14.8. The highest BCUT2D eigenvalue weighted by atomic mass is 127. The zero-order valence-corrected chi connectivity index (χ0v) is 18.2. The Bertz CT molecular complexity index is 1030. The van der Waals surface area contributed by atoms with E-state index >= 15 is 0 Å². The largest absolute Gasteiger partial charge is 0.332 e. The SMILES string of the molecule is Br.Cc1nc2ncccn2c1-c1nc(Nc2ccc(I)cc2)sc1C. The van der Waals surface area contributed by atoms with Crippen molar-refractivity contribution >= 4 is 67.5 Å². The summed E-state index contributed by atoms with van der Waals surface area (Å²) in [6, 6.07) is 10.2. The van der Waals surface area contributed by atoms with Crippen molar-refractivity contribution in [2.24, 2.45) is 0 Å². The lowest BCUT2D eigenvalue weighted by molar-refractivity contribution is 1.10. The molecule has 4 rings (SSSR count). The number of fused-ring (bicyclic) bond motifs is 1. The number of hydrogen-bond donors (Lipinski definition) is 1. The number of hydrogen-bond acceptors (Lipinski definition) is 5. The Morgan fingerprint density at radius 3 is 2.64 bits per heavy atom. The van der Waals surface area contributed by atoms with Gasteiger partial charge in [0.1, 0.15) is 5.69 Å². The average Bonchev–Trinajstić information content (AvgIpc) is 3.08. The fourth-order valence-electron chi connectivity index (χ4n) is 2.61. The summed E-state index contributed by atoms with van der Waals surface area (Å²) in [5, 5.41) is 4.26. The number of aromatic nitrogens is 4. The normalized spacial score (nSPS) is 10.7. The van der Waals surface area contributed by atoms with E-state index in [1.807, 2.05) is 23.6 Å². The first-order valence-corrected chi connectivity index (χ1v) is 9.31. The van der Waals surface area contributed by atoms with E-state index in [2.05, 4.69) is 69.1 Å². The smallest absolute Gasteiger partial charge is 0.234 e. The number of aryl methyl sites for hydroxylation is 2. The van der Waals surface area contributed by atoms with Crippen LogP contribution in [0, 0.1) is 17.4 Å². The average molecular weight is 528 g/mol. The van der Waals surface area contributed by atoms with E-state index < -0.39 is 0 Å². The number of imidazole rings is 1. The van der Waals surface area contributed by atoms with E-state index in [0.29, 0.717) is 5.78 Å². The molecule has 0 radical (unpaired) electrons. The van der Waals surface area contributed by atoms with E-state index in [1.54, 1.807) is 17.5 Å². The van der Waals surface area contributed by atoms with Gasteiger partial charge in [-0.3, -0.25) is 4.40 Å². The lowest BCUT2D eigenvalue weighted by Gasteiger charge is -2.02. The second-order valence-corrected chi connectivity index (χ2v) is 7.84. The topological polar surface area (TPSA) is 55.1 Å². The summed E-state index contributed by atoms with van der Waals surface area (Å²) in [7, 11) is 0. The lowest BCUT2D eigenvalue weighted by Crippen LogP contribution is -1.93. The summed E-state index contributed by atoms with van der Waals surface area (Å²) in [6.45, 7) is 4.08. The molecule has 0 atom stereocenters. The second-order valence-electron chi connectivity index (χ2n) is 5.39. The lowest BCUT2D eigenvalue weighted by atomic mass is 10.2. The molecule has 1 aromatic carbocycles. The first-order valence-electron chi connectivity index (χ1n) is 7.42. The van der Waals surface area contributed by atoms with E-state index in [-0.39, 0.29) is 17.0 Å². The van der Waals surface area contributed by atoms with Gasteiger partial charge in [-0.25, -0.2) is 15.0 Å². The number of benzene rings is 1. The van der Waals surface area contributed by atoms with Crippen LogP contribution in [0.4, 0.5) is 10.8 Å². The van der Waals surface area contributed by atoms with Gasteiger partial charge in [0, 0.05) is 26.5 Å². The molecule has 0 aliphatic heterocycles. The number of anilines is 2. The minimum Gasteiger partial charge on any atom is -0.332 e. The molecule has 0 fully saturated rings. The molecule has 3 aromatic heterocycles. The standard InChI is InChI=1S/C17H14IN5S.BrH/c1-10-15(23-9-3-8-19-16(23)20-10)14-11(2)24-17(22-14)21-13-6-4-12(18)5-7-13;/h3-9H,1-2H3,(H,21,22);1H. The van der Waals surface area contributed by atoms with Gasteiger partial charge in [-0.15, -0.1) is 28.3 Å². The van der Waals surface area contributed by atoms with Crippen molar-refractivity contribution in [1.82, 2.24) is 19.4 Å². The molecule has 4 aromatic rings. The van der Waals surface area contributed by atoms with E-state index in [9.17, 15) is 0 Å². The molecule has 8 heteroatoms. The quantitative estimate of drug-likeness (QED) is 0.363. The molecule has 0 amide bonds. The van der Waals surface area contributed by atoms with Crippen LogP contribution in [0.15, 0.2) is 42.7 Å². The van der Waals surface area contributed by atoms with Crippen LogP contribution in [0.3, 0.4) is 0 Å². The monoisotopic (exact) mass is 527 g/mol. The third-order valence-corrected chi connectivity index (χ3v) is 5.30. The third-order valence-electron chi connectivity index (χ3n) is 3.69. The zero-order valence-electron chi connectivity index (χ0n) is 13.5. The van der Waals surface area contributed by atoms with Crippen molar-refractivity contribution in [2.45, 2.75) is 13.8 Å². The zero-order chi connectivity index (χ0) is 16.7.